The van der Waals surface area contributed by atoms with Crippen molar-refractivity contribution in [2.24, 2.45) is 5.92 Å². The maximum absolute atomic E-state index is 12.8. The maximum Gasteiger partial charge on any atom is 0.437 e. The molecule has 19 heavy (non-hydrogen) atoms. The average molecular weight is 294 g/mol. The Morgan fingerprint density at radius 2 is 1.89 bits per heavy atom. The minimum Gasteiger partial charge on any atom is -0.383 e. The summed E-state index contributed by atoms with van der Waals surface area (Å²) >= 11 is 5.61. The fourth-order valence-corrected chi connectivity index (χ4v) is 2.50. The highest BCUT2D eigenvalue weighted by Gasteiger charge is 2.36. The van der Waals surface area contributed by atoms with E-state index in [-0.39, 0.29) is 10.8 Å². The Morgan fingerprint density at radius 1 is 1.21 bits per heavy atom. The van der Waals surface area contributed by atoms with Gasteiger partial charge in [-0.15, -0.1) is 10.2 Å². The van der Waals surface area contributed by atoms with Crippen LogP contribution in [-0.2, 0) is 6.18 Å². The van der Waals surface area contributed by atoms with Crippen molar-refractivity contribution < 1.29 is 13.2 Å². The highest BCUT2D eigenvalue weighted by atomic mass is 35.5. The Kier molecular flexibility index (Phi) is 4.50. The summed E-state index contributed by atoms with van der Waals surface area (Å²) in [6.45, 7) is 0.519. The minimum absolute atomic E-state index is 0.0425. The van der Waals surface area contributed by atoms with Crippen LogP contribution >= 0.6 is 11.6 Å². The molecular weight excluding hydrogens is 279 g/mol. The Morgan fingerprint density at radius 3 is 2.53 bits per heavy atom. The standard InChI is InChI=1S/C12H15ClF3N3/c13-10-6-9(11(19-18-10)12(14,15)16)17-7-8-4-2-1-3-5-8/h6,8H,1-5,7H2,(H,17,18). The van der Waals surface area contributed by atoms with Crippen LogP contribution < -0.4 is 5.32 Å². The summed E-state index contributed by atoms with van der Waals surface area (Å²) in [7, 11) is 0. The van der Waals surface area contributed by atoms with Crippen molar-refractivity contribution in [3.8, 4) is 0 Å². The third-order valence-corrected chi connectivity index (χ3v) is 3.52. The van der Waals surface area contributed by atoms with E-state index in [0.29, 0.717) is 12.5 Å². The fourth-order valence-electron chi connectivity index (χ4n) is 2.36. The molecule has 0 aromatic carbocycles. The van der Waals surface area contributed by atoms with E-state index in [9.17, 15) is 13.2 Å². The zero-order valence-corrected chi connectivity index (χ0v) is 11.1. The van der Waals surface area contributed by atoms with Crippen LogP contribution in [-0.4, -0.2) is 16.7 Å². The van der Waals surface area contributed by atoms with Crippen LogP contribution in [0, 0.1) is 5.92 Å². The molecule has 1 saturated carbocycles. The summed E-state index contributed by atoms with van der Waals surface area (Å²) in [5.41, 5.74) is -1.09. The van der Waals surface area contributed by atoms with Crippen LogP contribution in [0.1, 0.15) is 37.8 Å². The second kappa shape index (κ2) is 5.94. The second-order valence-electron chi connectivity index (χ2n) is 4.81. The van der Waals surface area contributed by atoms with Crippen LogP contribution in [0.15, 0.2) is 6.07 Å². The molecular formula is C12H15ClF3N3. The molecule has 0 atom stereocenters. The number of alkyl halides is 3. The molecule has 2 rings (SSSR count). The predicted octanol–water partition coefficient (Wildman–Crippen LogP) is 4.14. The summed E-state index contributed by atoms with van der Waals surface area (Å²) in [6, 6.07) is 1.18. The molecule has 106 valence electrons. The van der Waals surface area contributed by atoms with Crippen LogP contribution in [0.5, 0.6) is 0 Å². The molecule has 1 N–H and O–H groups in total. The third kappa shape index (κ3) is 3.96. The lowest BCUT2D eigenvalue weighted by Gasteiger charge is -2.23. The topological polar surface area (TPSA) is 37.8 Å². The molecule has 1 heterocycles. The number of anilines is 1. The van der Waals surface area contributed by atoms with Gasteiger partial charge >= 0.3 is 6.18 Å². The minimum atomic E-state index is -4.52. The second-order valence-corrected chi connectivity index (χ2v) is 5.20. The molecule has 0 bridgehead atoms. The summed E-state index contributed by atoms with van der Waals surface area (Å²) in [5, 5.41) is 9.18. The highest BCUT2D eigenvalue weighted by Crippen LogP contribution is 2.34. The SMILES string of the molecule is FC(F)(F)c1nnc(Cl)cc1NCC1CCCCC1. The number of aromatic nitrogens is 2. The van der Waals surface area contributed by atoms with Crippen molar-refractivity contribution in [3.63, 3.8) is 0 Å². The van der Waals surface area contributed by atoms with Gasteiger partial charge in [0.2, 0.25) is 0 Å². The van der Waals surface area contributed by atoms with E-state index in [2.05, 4.69) is 15.5 Å². The molecule has 1 aliphatic rings. The number of rotatable bonds is 3. The molecule has 1 aliphatic carbocycles. The molecule has 1 aromatic heterocycles. The molecule has 7 heteroatoms. The van der Waals surface area contributed by atoms with Gasteiger partial charge in [0.25, 0.3) is 0 Å². The summed E-state index contributed by atoms with van der Waals surface area (Å²) in [6.07, 6.45) is 1.10. The zero-order chi connectivity index (χ0) is 13.9. The Hall–Kier alpha value is -1.04. The Balaban J connectivity index is 2.07. The summed E-state index contributed by atoms with van der Waals surface area (Å²) in [4.78, 5) is 0. The van der Waals surface area contributed by atoms with E-state index in [4.69, 9.17) is 11.6 Å². The fraction of sp³-hybridized carbons (Fsp3) is 0.667. The van der Waals surface area contributed by atoms with Gasteiger partial charge in [0.1, 0.15) is 0 Å². The van der Waals surface area contributed by atoms with E-state index in [1.807, 2.05) is 0 Å². The lowest BCUT2D eigenvalue weighted by Crippen LogP contribution is -2.20. The molecule has 0 amide bonds. The van der Waals surface area contributed by atoms with Gasteiger partial charge in [-0.2, -0.15) is 13.2 Å². The number of nitrogens with one attached hydrogen (secondary N) is 1. The van der Waals surface area contributed by atoms with Crippen molar-refractivity contribution in [2.75, 3.05) is 11.9 Å². The molecule has 0 spiro atoms. The van der Waals surface area contributed by atoms with Gasteiger partial charge in [-0.1, -0.05) is 30.9 Å². The van der Waals surface area contributed by atoms with Crippen LogP contribution in [0.3, 0.4) is 0 Å². The monoisotopic (exact) mass is 293 g/mol. The van der Waals surface area contributed by atoms with Gasteiger partial charge in [-0.05, 0) is 18.8 Å². The average Bonchev–Trinajstić information content (AvgIpc) is 2.36. The Labute approximate surface area is 114 Å². The van der Waals surface area contributed by atoms with E-state index < -0.39 is 11.9 Å². The predicted molar refractivity (Wildman–Crippen MR) is 67.1 cm³/mol. The quantitative estimate of drug-likeness (QED) is 0.910. The molecule has 1 aromatic rings. The first kappa shape index (κ1) is 14.4. The molecule has 0 saturated heterocycles. The zero-order valence-electron chi connectivity index (χ0n) is 10.3. The van der Waals surface area contributed by atoms with E-state index in [1.165, 1.54) is 12.5 Å². The first-order chi connectivity index (χ1) is 8.97. The van der Waals surface area contributed by atoms with Gasteiger partial charge in [0.05, 0.1) is 5.69 Å². The van der Waals surface area contributed by atoms with Crippen LogP contribution in [0.2, 0.25) is 5.15 Å². The maximum atomic E-state index is 12.8. The molecule has 3 nitrogen and oxygen atoms in total. The van der Waals surface area contributed by atoms with Crippen molar-refractivity contribution in [3.05, 3.63) is 16.9 Å². The van der Waals surface area contributed by atoms with Gasteiger partial charge in [-0.25, -0.2) is 0 Å². The van der Waals surface area contributed by atoms with Gasteiger partial charge < -0.3 is 5.32 Å². The van der Waals surface area contributed by atoms with Crippen LogP contribution in [0.4, 0.5) is 18.9 Å². The van der Waals surface area contributed by atoms with Crippen molar-refractivity contribution in [2.45, 2.75) is 38.3 Å². The molecule has 0 unspecified atom stereocenters. The highest BCUT2D eigenvalue weighted by molar-refractivity contribution is 6.29. The van der Waals surface area contributed by atoms with E-state index in [1.54, 1.807) is 0 Å². The van der Waals surface area contributed by atoms with E-state index >= 15 is 0 Å². The van der Waals surface area contributed by atoms with Crippen LogP contribution in [0.25, 0.3) is 0 Å². The first-order valence-corrected chi connectivity index (χ1v) is 6.69. The van der Waals surface area contributed by atoms with Gasteiger partial charge in [0.15, 0.2) is 10.8 Å². The summed E-state index contributed by atoms with van der Waals surface area (Å²) in [5.74, 6) is 0.418. The lowest BCUT2D eigenvalue weighted by atomic mass is 9.89. The Bertz CT molecular complexity index is 431. The van der Waals surface area contributed by atoms with Gasteiger partial charge in [0, 0.05) is 12.6 Å². The van der Waals surface area contributed by atoms with Crippen molar-refractivity contribution in [1.82, 2.24) is 10.2 Å². The largest absolute Gasteiger partial charge is 0.437 e. The molecule has 1 fully saturated rings. The first-order valence-electron chi connectivity index (χ1n) is 6.31. The molecule has 0 aliphatic heterocycles. The molecule has 0 radical (unpaired) electrons. The lowest BCUT2D eigenvalue weighted by molar-refractivity contribution is -0.141. The normalized spacial score (nSPS) is 17.5. The van der Waals surface area contributed by atoms with E-state index in [0.717, 1.165) is 25.7 Å². The number of nitrogens with zero attached hydrogens (tertiary/aromatic N) is 2. The van der Waals surface area contributed by atoms with Gasteiger partial charge in [-0.3, -0.25) is 0 Å². The summed E-state index contributed by atoms with van der Waals surface area (Å²) < 4.78 is 38.3. The third-order valence-electron chi connectivity index (χ3n) is 3.34. The smallest absolute Gasteiger partial charge is 0.383 e. The number of halogens is 4. The number of hydrogen-bond acceptors (Lipinski definition) is 3. The van der Waals surface area contributed by atoms with Crippen molar-refractivity contribution in [1.29, 1.82) is 0 Å². The van der Waals surface area contributed by atoms with Crippen molar-refractivity contribution >= 4 is 17.3 Å². The number of hydrogen-bond donors (Lipinski definition) is 1.